The highest BCUT2D eigenvalue weighted by Gasteiger charge is 2.18. The van der Waals surface area contributed by atoms with Crippen LogP contribution in [-0.2, 0) is 0 Å². The van der Waals surface area contributed by atoms with Crippen molar-refractivity contribution in [3.05, 3.63) is 61.4 Å². The molecule has 2 aromatic carbocycles. The van der Waals surface area contributed by atoms with Gasteiger partial charge in [0, 0.05) is 11.5 Å². The normalized spacial score (nSPS) is 10.9. The van der Waals surface area contributed by atoms with Gasteiger partial charge in [0.1, 0.15) is 0 Å². The van der Waals surface area contributed by atoms with Gasteiger partial charge in [-0.3, -0.25) is 19.9 Å². The number of nitrogens with zero attached hydrogens (tertiary/aromatic N) is 1. The molecular weight excluding hydrogens is 252 g/mol. The van der Waals surface area contributed by atoms with E-state index in [0.717, 1.165) is 6.07 Å². The minimum Gasteiger partial charge on any atom is -0.409 e. The Labute approximate surface area is 104 Å². The molecule has 3 aromatic rings. The third-order valence-electron chi connectivity index (χ3n) is 2.83. The fourth-order valence-electron chi connectivity index (χ4n) is 2.04. The van der Waals surface area contributed by atoms with E-state index in [4.69, 9.17) is 4.42 Å². The van der Waals surface area contributed by atoms with E-state index in [1.165, 1.54) is 6.07 Å². The Bertz CT molecular complexity index is 938. The quantitative estimate of drug-likeness (QED) is 0.404. The molecule has 0 unspecified atom stereocenters. The van der Waals surface area contributed by atoms with Gasteiger partial charge in [-0.05, 0) is 6.07 Å². The molecule has 0 aliphatic heterocycles. The molecular formula is C12H6N2O5. The van der Waals surface area contributed by atoms with Gasteiger partial charge in [0.25, 0.3) is 11.2 Å². The van der Waals surface area contributed by atoms with E-state index in [9.17, 15) is 19.7 Å². The Balaban J connectivity index is 2.70. The maximum atomic E-state index is 11.7. The lowest BCUT2D eigenvalue weighted by molar-refractivity contribution is -0.382. The number of non-ortho nitro benzene ring substituents is 1. The van der Waals surface area contributed by atoms with Gasteiger partial charge < -0.3 is 4.42 Å². The van der Waals surface area contributed by atoms with Crippen molar-refractivity contribution in [1.82, 2.24) is 4.98 Å². The average molecular weight is 258 g/mol. The zero-order chi connectivity index (χ0) is 13.6. The molecule has 1 aromatic heterocycles. The highest BCUT2D eigenvalue weighted by Crippen LogP contribution is 2.30. The number of hydrogen-bond donors (Lipinski definition) is 1. The molecule has 0 aliphatic carbocycles. The smallest absolute Gasteiger partial charge is 0.409 e. The zero-order valence-corrected chi connectivity index (χ0v) is 9.38. The maximum absolute atomic E-state index is 11.7. The molecule has 0 amide bonds. The summed E-state index contributed by atoms with van der Waals surface area (Å²) < 4.78 is 4.96. The lowest BCUT2D eigenvalue weighted by Crippen LogP contribution is -2.18. The van der Waals surface area contributed by atoms with E-state index >= 15 is 0 Å². The number of nitro groups is 1. The summed E-state index contributed by atoms with van der Waals surface area (Å²) in [6.45, 7) is 0. The number of aromatic nitrogens is 1. The van der Waals surface area contributed by atoms with Crippen LogP contribution in [0.15, 0.2) is 44.3 Å². The summed E-state index contributed by atoms with van der Waals surface area (Å²) in [5.41, 5.74) is -0.863. The molecule has 94 valence electrons. The van der Waals surface area contributed by atoms with Gasteiger partial charge in [-0.2, -0.15) is 0 Å². The first kappa shape index (κ1) is 11.1. The second-order valence-electron chi connectivity index (χ2n) is 3.92. The van der Waals surface area contributed by atoms with Crippen molar-refractivity contribution in [2.75, 3.05) is 0 Å². The molecule has 3 rings (SSSR count). The zero-order valence-electron chi connectivity index (χ0n) is 9.38. The molecule has 7 nitrogen and oxygen atoms in total. The Morgan fingerprint density at radius 1 is 1.11 bits per heavy atom. The third-order valence-corrected chi connectivity index (χ3v) is 2.83. The molecule has 0 spiro atoms. The number of nitrogens with one attached hydrogen (secondary N) is 1. The second kappa shape index (κ2) is 3.77. The van der Waals surface area contributed by atoms with Crippen molar-refractivity contribution in [3.63, 3.8) is 0 Å². The van der Waals surface area contributed by atoms with Crippen molar-refractivity contribution < 1.29 is 9.34 Å². The third kappa shape index (κ3) is 1.60. The first-order chi connectivity index (χ1) is 9.08. The highest BCUT2D eigenvalue weighted by atomic mass is 16.6. The largest absolute Gasteiger partial charge is 0.419 e. The molecule has 0 saturated heterocycles. The number of benzene rings is 2. The standard InChI is InChI=1S/C12H6N2O5/c15-11-8-5-9(14(17)18)6-3-1-2-4-7(6)10(8)19-12(16)13-11/h1-5H,(H,13,15,16). The summed E-state index contributed by atoms with van der Waals surface area (Å²) in [5, 5.41) is 11.7. The van der Waals surface area contributed by atoms with Crippen molar-refractivity contribution in [3.8, 4) is 0 Å². The SMILES string of the molecule is O=c1[nH]c(=O)c2cc([N+](=O)[O-])c3ccccc3c2o1. The number of hydrogen-bond acceptors (Lipinski definition) is 5. The molecule has 1 heterocycles. The molecule has 19 heavy (non-hydrogen) atoms. The van der Waals surface area contributed by atoms with Gasteiger partial charge in [0.15, 0.2) is 5.58 Å². The Kier molecular flexibility index (Phi) is 2.21. The monoisotopic (exact) mass is 258 g/mol. The van der Waals surface area contributed by atoms with Crippen LogP contribution in [0.2, 0.25) is 0 Å². The van der Waals surface area contributed by atoms with E-state index in [0.29, 0.717) is 10.8 Å². The van der Waals surface area contributed by atoms with Crippen molar-refractivity contribution in [2.24, 2.45) is 0 Å². The predicted octanol–water partition coefficient (Wildman–Crippen LogP) is 1.54. The van der Waals surface area contributed by atoms with Gasteiger partial charge in [-0.15, -0.1) is 0 Å². The Morgan fingerprint density at radius 2 is 1.79 bits per heavy atom. The van der Waals surface area contributed by atoms with Crippen molar-refractivity contribution in [1.29, 1.82) is 0 Å². The van der Waals surface area contributed by atoms with E-state index < -0.39 is 16.2 Å². The van der Waals surface area contributed by atoms with Crippen LogP contribution in [0.4, 0.5) is 5.69 Å². The predicted molar refractivity (Wildman–Crippen MR) is 67.3 cm³/mol. The van der Waals surface area contributed by atoms with Crippen LogP contribution in [0.1, 0.15) is 0 Å². The second-order valence-corrected chi connectivity index (χ2v) is 3.92. The van der Waals surface area contributed by atoms with Gasteiger partial charge in [0.05, 0.1) is 15.7 Å². The first-order valence-electron chi connectivity index (χ1n) is 5.31. The van der Waals surface area contributed by atoms with Gasteiger partial charge in [-0.1, -0.05) is 18.2 Å². The highest BCUT2D eigenvalue weighted by molar-refractivity contribution is 6.08. The summed E-state index contributed by atoms with van der Waals surface area (Å²) in [6.07, 6.45) is 0. The van der Waals surface area contributed by atoms with Crippen LogP contribution in [0, 0.1) is 10.1 Å². The van der Waals surface area contributed by atoms with Crippen LogP contribution in [0.3, 0.4) is 0 Å². The fraction of sp³-hybridized carbons (Fsp3) is 0. The number of H-pyrrole nitrogens is 1. The summed E-state index contributed by atoms with van der Waals surface area (Å²) in [6, 6.07) is 7.49. The van der Waals surface area contributed by atoms with E-state index in [2.05, 4.69) is 0 Å². The average Bonchev–Trinajstić information content (AvgIpc) is 2.37. The minimum atomic E-state index is -0.892. The number of rotatable bonds is 1. The minimum absolute atomic E-state index is 0.0231. The fourth-order valence-corrected chi connectivity index (χ4v) is 2.04. The molecule has 0 radical (unpaired) electrons. The summed E-state index contributed by atoms with van der Waals surface area (Å²) in [5.74, 6) is -0.892. The molecule has 1 N–H and O–H groups in total. The van der Waals surface area contributed by atoms with Gasteiger partial charge >= 0.3 is 5.76 Å². The number of fused-ring (bicyclic) bond motifs is 3. The van der Waals surface area contributed by atoms with Crippen LogP contribution in [0.25, 0.3) is 21.7 Å². The van der Waals surface area contributed by atoms with E-state index in [1.807, 2.05) is 4.98 Å². The number of aromatic amines is 1. The maximum Gasteiger partial charge on any atom is 0.419 e. The Hall–Kier alpha value is -2.96. The topological polar surface area (TPSA) is 106 Å². The van der Waals surface area contributed by atoms with Crippen LogP contribution < -0.4 is 11.3 Å². The lowest BCUT2D eigenvalue weighted by atomic mass is 10.1. The van der Waals surface area contributed by atoms with E-state index in [-0.39, 0.29) is 16.7 Å². The van der Waals surface area contributed by atoms with Crippen molar-refractivity contribution in [2.45, 2.75) is 0 Å². The van der Waals surface area contributed by atoms with Gasteiger partial charge in [0.2, 0.25) is 0 Å². The number of nitro benzene ring substituents is 1. The van der Waals surface area contributed by atoms with Crippen LogP contribution >= 0.6 is 0 Å². The van der Waals surface area contributed by atoms with Gasteiger partial charge in [-0.25, -0.2) is 4.79 Å². The molecule has 0 fully saturated rings. The molecule has 0 aliphatic rings. The molecule has 7 heteroatoms. The van der Waals surface area contributed by atoms with Crippen molar-refractivity contribution >= 4 is 27.4 Å². The van der Waals surface area contributed by atoms with Crippen LogP contribution in [-0.4, -0.2) is 9.91 Å². The Morgan fingerprint density at radius 3 is 2.47 bits per heavy atom. The summed E-state index contributed by atoms with van der Waals surface area (Å²) in [7, 11) is 0. The summed E-state index contributed by atoms with van der Waals surface area (Å²) >= 11 is 0. The van der Waals surface area contributed by atoms with E-state index in [1.54, 1.807) is 18.2 Å². The van der Waals surface area contributed by atoms with Crippen LogP contribution in [0.5, 0.6) is 0 Å². The summed E-state index contributed by atoms with van der Waals surface area (Å²) in [4.78, 5) is 35.3. The molecule has 0 bridgehead atoms. The first-order valence-corrected chi connectivity index (χ1v) is 5.31. The molecule has 0 saturated carbocycles. The molecule has 0 atom stereocenters. The lowest BCUT2D eigenvalue weighted by Gasteiger charge is -2.02.